The SMILES string of the molecule is C=CCN(CC(=O)N(CCc1ccccc1)Cc1ccc(C)o1)C(=O)Nc1ccccc1C. The molecule has 6 nitrogen and oxygen atoms in total. The van der Waals surface area contributed by atoms with Crippen molar-refractivity contribution >= 4 is 17.6 Å². The Balaban J connectivity index is 1.71. The fraction of sp³-hybridized carbons (Fsp3) is 0.259. The van der Waals surface area contributed by atoms with Gasteiger partial charge in [-0.2, -0.15) is 0 Å². The Kier molecular flexibility index (Phi) is 8.47. The van der Waals surface area contributed by atoms with Gasteiger partial charge in [-0.15, -0.1) is 6.58 Å². The standard InChI is InChI=1S/C27H31N3O3/c1-4-17-30(27(32)28-25-13-9-8-10-21(25)2)20-26(31)29(19-24-15-14-22(3)33-24)18-16-23-11-6-5-7-12-23/h4-15H,1,16-20H2,2-3H3,(H,28,32). The summed E-state index contributed by atoms with van der Waals surface area (Å²) in [5.74, 6) is 1.36. The molecule has 6 heteroatoms. The van der Waals surface area contributed by atoms with Gasteiger partial charge in [0.15, 0.2) is 0 Å². The van der Waals surface area contributed by atoms with Crippen molar-refractivity contribution in [1.82, 2.24) is 9.80 Å². The van der Waals surface area contributed by atoms with Crippen LogP contribution in [0.1, 0.15) is 22.6 Å². The third-order valence-corrected chi connectivity index (χ3v) is 5.36. The minimum absolute atomic E-state index is 0.0573. The van der Waals surface area contributed by atoms with Crippen LogP contribution in [0, 0.1) is 13.8 Å². The molecule has 0 saturated carbocycles. The zero-order valence-electron chi connectivity index (χ0n) is 19.3. The Hall–Kier alpha value is -3.80. The lowest BCUT2D eigenvalue weighted by atomic mass is 10.1. The molecule has 1 aromatic heterocycles. The Morgan fingerprint density at radius 3 is 2.36 bits per heavy atom. The third-order valence-electron chi connectivity index (χ3n) is 5.36. The van der Waals surface area contributed by atoms with Gasteiger partial charge in [-0.1, -0.05) is 54.6 Å². The van der Waals surface area contributed by atoms with Crippen molar-refractivity contribution in [3.05, 3.63) is 102 Å². The fourth-order valence-electron chi connectivity index (χ4n) is 3.50. The first-order valence-corrected chi connectivity index (χ1v) is 11.1. The van der Waals surface area contributed by atoms with Crippen LogP contribution in [0.15, 0.2) is 83.8 Å². The summed E-state index contributed by atoms with van der Waals surface area (Å²) in [6, 6.07) is 21.0. The molecular weight excluding hydrogens is 414 g/mol. The normalized spacial score (nSPS) is 10.5. The molecule has 1 heterocycles. The number of rotatable bonds is 10. The van der Waals surface area contributed by atoms with E-state index in [1.165, 1.54) is 4.90 Å². The van der Waals surface area contributed by atoms with Gasteiger partial charge in [0.1, 0.15) is 18.1 Å². The second kappa shape index (κ2) is 11.7. The average molecular weight is 446 g/mol. The van der Waals surface area contributed by atoms with Crippen LogP contribution in [-0.2, 0) is 17.8 Å². The first-order valence-electron chi connectivity index (χ1n) is 11.1. The number of anilines is 1. The average Bonchev–Trinajstić information content (AvgIpc) is 3.23. The topological polar surface area (TPSA) is 65.8 Å². The summed E-state index contributed by atoms with van der Waals surface area (Å²) >= 11 is 0. The van der Waals surface area contributed by atoms with Crippen LogP contribution in [-0.4, -0.2) is 41.4 Å². The summed E-state index contributed by atoms with van der Waals surface area (Å²) in [5.41, 5.74) is 2.82. The van der Waals surface area contributed by atoms with E-state index in [1.807, 2.05) is 80.6 Å². The van der Waals surface area contributed by atoms with Gasteiger partial charge in [-0.3, -0.25) is 4.79 Å². The number of nitrogens with zero attached hydrogens (tertiary/aromatic N) is 2. The highest BCUT2D eigenvalue weighted by Crippen LogP contribution is 2.15. The Labute approximate surface area is 195 Å². The lowest BCUT2D eigenvalue weighted by Crippen LogP contribution is -2.45. The number of benzene rings is 2. The van der Waals surface area contributed by atoms with E-state index in [-0.39, 0.29) is 25.0 Å². The number of hydrogen-bond acceptors (Lipinski definition) is 3. The lowest BCUT2D eigenvalue weighted by Gasteiger charge is -2.27. The molecule has 3 rings (SSSR count). The van der Waals surface area contributed by atoms with E-state index in [1.54, 1.807) is 11.0 Å². The summed E-state index contributed by atoms with van der Waals surface area (Å²) in [5, 5.41) is 2.90. The molecule has 1 N–H and O–H groups in total. The monoisotopic (exact) mass is 445 g/mol. The van der Waals surface area contributed by atoms with Gasteiger partial charge in [0.25, 0.3) is 0 Å². The molecule has 0 aliphatic heterocycles. The highest BCUT2D eigenvalue weighted by Gasteiger charge is 2.22. The van der Waals surface area contributed by atoms with Crippen LogP contribution in [0.2, 0.25) is 0 Å². The molecule has 2 aromatic carbocycles. The van der Waals surface area contributed by atoms with Crippen molar-refractivity contribution in [1.29, 1.82) is 0 Å². The molecule has 0 unspecified atom stereocenters. The van der Waals surface area contributed by atoms with Gasteiger partial charge in [0.2, 0.25) is 5.91 Å². The molecule has 172 valence electrons. The summed E-state index contributed by atoms with van der Waals surface area (Å²) in [6.45, 7) is 8.62. The van der Waals surface area contributed by atoms with Crippen LogP contribution in [0.25, 0.3) is 0 Å². The summed E-state index contributed by atoms with van der Waals surface area (Å²) in [4.78, 5) is 29.4. The van der Waals surface area contributed by atoms with E-state index in [0.29, 0.717) is 25.3 Å². The largest absolute Gasteiger partial charge is 0.464 e. The summed E-state index contributed by atoms with van der Waals surface area (Å²) < 4.78 is 5.71. The maximum Gasteiger partial charge on any atom is 0.322 e. The van der Waals surface area contributed by atoms with E-state index in [4.69, 9.17) is 4.42 Å². The van der Waals surface area contributed by atoms with Crippen molar-refractivity contribution in [2.24, 2.45) is 0 Å². The predicted molar refractivity (Wildman–Crippen MR) is 131 cm³/mol. The van der Waals surface area contributed by atoms with E-state index < -0.39 is 0 Å². The number of furan rings is 1. The van der Waals surface area contributed by atoms with Crippen molar-refractivity contribution in [3.8, 4) is 0 Å². The van der Waals surface area contributed by atoms with Crippen LogP contribution in [0.3, 0.4) is 0 Å². The second-order valence-corrected chi connectivity index (χ2v) is 7.98. The van der Waals surface area contributed by atoms with Crippen LogP contribution in [0.4, 0.5) is 10.5 Å². The number of nitrogens with one attached hydrogen (secondary N) is 1. The molecule has 0 aliphatic carbocycles. The minimum atomic E-state index is -0.339. The molecule has 0 aliphatic rings. The molecule has 33 heavy (non-hydrogen) atoms. The first-order chi connectivity index (χ1) is 16.0. The van der Waals surface area contributed by atoms with Crippen LogP contribution < -0.4 is 5.32 Å². The van der Waals surface area contributed by atoms with Crippen molar-refractivity contribution in [3.63, 3.8) is 0 Å². The summed E-state index contributed by atoms with van der Waals surface area (Å²) in [7, 11) is 0. The maximum atomic E-state index is 13.3. The van der Waals surface area contributed by atoms with Gasteiger partial charge in [0.05, 0.1) is 6.54 Å². The first kappa shape index (κ1) is 23.9. The lowest BCUT2D eigenvalue weighted by molar-refractivity contribution is -0.132. The van der Waals surface area contributed by atoms with Gasteiger partial charge in [0, 0.05) is 18.8 Å². The number of aryl methyl sites for hydroxylation is 2. The fourth-order valence-corrected chi connectivity index (χ4v) is 3.50. The molecular formula is C27H31N3O3. The molecule has 0 saturated heterocycles. The minimum Gasteiger partial charge on any atom is -0.464 e. The Morgan fingerprint density at radius 1 is 0.970 bits per heavy atom. The van der Waals surface area contributed by atoms with Gasteiger partial charge >= 0.3 is 6.03 Å². The zero-order valence-corrected chi connectivity index (χ0v) is 19.3. The predicted octanol–water partition coefficient (Wildman–Crippen LogP) is 5.19. The van der Waals surface area contributed by atoms with Gasteiger partial charge < -0.3 is 19.5 Å². The quantitative estimate of drug-likeness (QED) is 0.437. The van der Waals surface area contributed by atoms with Crippen molar-refractivity contribution < 1.29 is 14.0 Å². The zero-order chi connectivity index (χ0) is 23.6. The third kappa shape index (κ3) is 7.10. The van der Waals surface area contributed by atoms with Crippen molar-refractivity contribution in [2.75, 3.05) is 25.0 Å². The number of carbonyl (C=O) groups is 2. The van der Waals surface area contributed by atoms with E-state index in [9.17, 15) is 9.59 Å². The van der Waals surface area contributed by atoms with Crippen LogP contribution in [0.5, 0.6) is 0 Å². The Morgan fingerprint density at radius 2 is 1.70 bits per heavy atom. The van der Waals surface area contributed by atoms with Gasteiger partial charge in [-0.25, -0.2) is 4.79 Å². The van der Waals surface area contributed by atoms with Crippen LogP contribution >= 0.6 is 0 Å². The second-order valence-electron chi connectivity index (χ2n) is 7.98. The number of para-hydroxylation sites is 1. The van der Waals surface area contributed by atoms with Gasteiger partial charge in [-0.05, 0) is 49.6 Å². The Bertz CT molecular complexity index is 1070. The van der Waals surface area contributed by atoms with Crippen molar-refractivity contribution in [2.45, 2.75) is 26.8 Å². The molecule has 0 atom stereocenters. The molecule has 0 fully saturated rings. The van der Waals surface area contributed by atoms with E-state index in [2.05, 4.69) is 11.9 Å². The number of amides is 3. The molecule has 0 spiro atoms. The number of hydrogen-bond donors (Lipinski definition) is 1. The maximum absolute atomic E-state index is 13.3. The van der Waals surface area contributed by atoms with E-state index in [0.717, 1.165) is 22.6 Å². The van der Waals surface area contributed by atoms with E-state index >= 15 is 0 Å². The molecule has 3 amide bonds. The highest BCUT2D eigenvalue weighted by molar-refractivity contribution is 5.93. The molecule has 0 radical (unpaired) electrons. The molecule has 0 bridgehead atoms. The number of carbonyl (C=O) groups excluding carboxylic acids is 2. The number of urea groups is 1. The smallest absolute Gasteiger partial charge is 0.322 e. The highest BCUT2D eigenvalue weighted by atomic mass is 16.3. The summed E-state index contributed by atoms with van der Waals surface area (Å²) in [6.07, 6.45) is 2.33. The molecule has 3 aromatic rings.